The van der Waals surface area contributed by atoms with E-state index in [2.05, 4.69) is 52.9 Å². The highest BCUT2D eigenvalue weighted by Crippen LogP contribution is 2.27. The number of rotatable bonds is 10. The van der Waals surface area contributed by atoms with Crippen LogP contribution in [0.1, 0.15) is 54.4 Å². The van der Waals surface area contributed by atoms with Gasteiger partial charge in [0.1, 0.15) is 0 Å². The molecule has 1 N–H and O–H groups in total. The highest BCUT2D eigenvalue weighted by Gasteiger charge is 2.14. The third-order valence-electron chi connectivity index (χ3n) is 3.24. The van der Waals surface area contributed by atoms with Crippen molar-refractivity contribution in [3.05, 3.63) is 11.1 Å². The van der Waals surface area contributed by atoms with E-state index in [1.165, 1.54) is 11.1 Å². The van der Waals surface area contributed by atoms with Gasteiger partial charge in [0.2, 0.25) is 0 Å². The second-order valence-electron chi connectivity index (χ2n) is 5.96. The zero-order valence-electron chi connectivity index (χ0n) is 13.9. The predicted octanol–water partition coefficient (Wildman–Crippen LogP) is 4.26. The predicted molar refractivity (Wildman–Crippen MR) is 89.3 cm³/mol. The van der Waals surface area contributed by atoms with Crippen LogP contribution in [0.3, 0.4) is 0 Å². The van der Waals surface area contributed by atoms with Crippen molar-refractivity contribution in [2.24, 2.45) is 5.92 Å². The van der Waals surface area contributed by atoms with Gasteiger partial charge in [-0.1, -0.05) is 31.9 Å². The van der Waals surface area contributed by atoms with Crippen molar-refractivity contribution in [2.45, 2.75) is 66.5 Å². The van der Waals surface area contributed by atoms with Crippen LogP contribution < -0.4 is 5.32 Å². The largest absolute Gasteiger partial charge is 0.361 e. The lowest BCUT2D eigenvalue weighted by atomic mass is 9.92. The molecule has 0 radical (unpaired) electrons. The number of hydrogen-bond acceptors (Lipinski definition) is 3. The molecule has 0 fully saturated rings. The summed E-state index contributed by atoms with van der Waals surface area (Å²) in [6.45, 7) is 13.9. The molecule has 0 aromatic carbocycles. The summed E-state index contributed by atoms with van der Waals surface area (Å²) in [5.41, 5.74) is 2.92. The van der Waals surface area contributed by atoms with Gasteiger partial charge in [-0.05, 0) is 33.1 Å². The monoisotopic (exact) mass is 298 g/mol. The lowest BCUT2D eigenvalue weighted by Crippen LogP contribution is -2.34. The molecular weight excluding hydrogens is 267 g/mol. The SMILES string of the molecule is CC(C)=C(CPOCCC#N)C(C)CC(C)NC(C)C. The molecule has 0 amide bonds. The third kappa shape index (κ3) is 9.48. The van der Waals surface area contributed by atoms with Crippen molar-refractivity contribution >= 4 is 8.81 Å². The summed E-state index contributed by atoms with van der Waals surface area (Å²) in [5.74, 6) is 0.577. The quantitative estimate of drug-likeness (QED) is 0.372. The number of hydrogen-bond donors (Lipinski definition) is 1. The van der Waals surface area contributed by atoms with Gasteiger partial charge < -0.3 is 9.84 Å². The van der Waals surface area contributed by atoms with Gasteiger partial charge in [-0.3, -0.25) is 0 Å². The molecule has 0 aromatic rings. The Morgan fingerprint density at radius 2 is 1.90 bits per heavy atom. The van der Waals surface area contributed by atoms with Crippen molar-refractivity contribution in [1.82, 2.24) is 5.32 Å². The highest BCUT2D eigenvalue weighted by atomic mass is 31.1. The lowest BCUT2D eigenvalue weighted by Gasteiger charge is -2.24. The fraction of sp³-hybridized carbons (Fsp3) is 0.812. The third-order valence-corrected chi connectivity index (χ3v) is 4.18. The van der Waals surface area contributed by atoms with Crippen LogP contribution in [0.5, 0.6) is 0 Å². The summed E-state index contributed by atoms with van der Waals surface area (Å²) in [6, 6.07) is 3.17. The molecule has 0 bridgehead atoms. The van der Waals surface area contributed by atoms with E-state index in [1.807, 2.05) is 0 Å². The van der Waals surface area contributed by atoms with Crippen LogP contribution in [0.15, 0.2) is 11.1 Å². The number of nitrogens with one attached hydrogen (secondary N) is 1. The first kappa shape index (κ1) is 19.6. The molecule has 116 valence electrons. The molecule has 3 nitrogen and oxygen atoms in total. The van der Waals surface area contributed by atoms with Gasteiger partial charge >= 0.3 is 0 Å². The second kappa shape index (κ2) is 11.3. The van der Waals surface area contributed by atoms with E-state index in [4.69, 9.17) is 9.79 Å². The summed E-state index contributed by atoms with van der Waals surface area (Å²) < 4.78 is 5.53. The van der Waals surface area contributed by atoms with E-state index in [0.29, 0.717) is 39.8 Å². The molecule has 4 heteroatoms. The molecule has 0 aliphatic heterocycles. The van der Waals surface area contributed by atoms with E-state index in [1.54, 1.807) is 0 Å². The van der Waals surface area contributed by atoms with Crippen molar-refractivity contribution in [3.8, 4) is 6.07 Å². The van der Waals surface area contributed by atoms with E-state index in [-0.39, 0.29) is 0 Å². The first-order chi connectivity index (χ1) is 9.38. The maximum absolute atomic E-state index is 8.48. The lowest BCUT2D eigenvalue weighted by molar-refractivity contribution is 0.372. The highest BCUT2D eigenvalue weighted by molar-refractivity contribution is 7.32. The number of allylic oxidation sites excluding steroid dienone is 2. The molecule has 20 heavy (non-hydrogen) atoms. The fourth-order valence-corrected chi connectivity index (χ4v) is 3.66. The molecule has 0 spiro atoms. The Morgan fingerprint density at radius 3 is 2.40 bits per heavy atom. The summed E-state index contributed by atoms with van der Waals surface area (Å²) in [6.07, 6.45) is 2.65. The van der Waals surface area contributed by atoms with Crippen molar-refractivity contribution in [2.75, 3.05) is 12.8 Å². The smallest absolute Gasteiger partial charge is 0.0646 e. The van der Waals surface area contributed by atoms with Gasteiger partial charge in [-0.25, -0.2) is 0 Å². The van der Waals surface area contributed by atoms with Gasteiger partial charge in [0.25, 0.3) is 0 Å². The van der Waals surface area contributed by atoms with Crippen LogP contribution in [0.4, 0.5) is 0 Å². The Hall–Kier alpha value is -0.420. The van der Waals surface area contributed by atoms with Crippen LogP contribution in [0, 0.1) is 17.2 Å². The molecule has 0 aliphatic rings. The normalized spacial score (nSPS) is 14.5. The molecule has 0 aliphatic carbocycles. The van der Waals surface area contributed by atoms with E-state index in [9.17, 15) is 0 Å². The minimum absolute atomic E-state index is 0.471. The minimum atomic E-state index is 0.471. The number of nitrogens with zero attached hydrogens (tertiary/aromatic N) is 1. The van der Waals surface area contributed by atoms with Crippen molar-refractivity contribution < 1.29 is 4.52 Å². The van der Waals surface area contributed by atoms with Gasteiger partial charge in [-0.15, -0.1) is 0 Å². The second-order valence-corrected chi connectivity index (χ2v) is 6.89. The van der Waals surface area contributed by atoms with Crippen LogP contribution in [0.2, 0.25) is 0 Å². The number of nitriles is 1. The van der Waals surface area contributed by atoms with Crippen LogP contribution in [0.25, 0.3) is 0 Å². The van der Waals surface area contributed by atoms with E-state index >= 15 is 0 Å². The van der Waals surface area contributed by atoms with Gasteiger partial charge in [-0.2, -0.15) is 5.26 Å². The van der Waals surface area contributed by atoms with Crippen LogP contribution >= 0.6 is 8.81 Å². The van der Waals surface area contributed by atoms with Crippen molar-refractivity contribution in [1.29, 1.82) is 5.26 Å². The minimum Gasteiger partial charge on any atom is -0.361 e. The van der Waals surface area contributed by atoms with Crippen LogP contribution in [-0.4, -0.2) is 24.9 Å². The van der Waals surface area contributed by atoms with E-state index < -0.39 is 0 Å². The zero-order valence-corrected chi connectivity index (χ0v) is 14.9. The first-order valence-electron chi connectivity index (χ1n) is 7.52. The molecule has 0 saturated carbocycles. The summed E-state index contributed by atoms with van der Waals surface area (Å²) in [5, 5.41) is 12.0. The van der Waals surface area contributed by atoms with Gasteiger partial charge in [0, 0.05) is 27.1 Å². The Bertz CT molecular complexity index is 330. The zero-order chi connectivity index (χ0) is 15.5. The summed E-state index contributed by atoms with van der Waals surface area (Å²) in [7, 11) is 0.471. The Morgan fingerprint density at radius 1 is 1.25 bits per heavy atom. The molecule has 3 unspecified atom stereocenters. The molecule has 0 heterocycles. The molecule has 3 atom stereocenters. The molecule has 0 rings (SSSR count). The topological polar surface area (TPSA) is 45.0 Å². The summed E-state index contributed by atoms with van der Waals surface area (Å²) >= 11 is 0. The molecule has 0 aromatic heterocycles. The Labute approximate surface area is 127 Å². The average molecular weight is 298 g/mol. The summed E-state index contributed by atoms with van der Waals surface area (Å²) in [4.78, 5) is 0. The maximum Gasteiger partial charge on any atom is 0.0646 e. The van der Waals surface area contributed by atoms with Gasteiger partial charge in [0.05, 0.1) is 19.1 Å². The van der Waals surface area contributed by atoms with E-state index in [0.717, 1.165) is 12.6 Å². The molecule has 0 saturated heterocycles. The molecular formula is C16H31N2OP. The fourth-order valence-electron chi connectivity index (χ4n) is 2.45. The van der Waals surface area contributed by atoms with Crippen molar-refractivity contribution in [3.63, 3.8) is 0 Å². The van der Waals surface area contributed by atoms with Crippen LogP contribution in [-0.2, 0) is 4.52 Å². The first-order valence-corrected chi connectivity index (χ1v) is 8.63. The maximum atomic E-state index is 8.48. The Balaban J connectivity index is 4.25. The van der Waals surface area contributed by atoms with Gasteiger partial charge in [0.15, 0.2) is 0 Å². The standard InChI is InChI=1S/C16H31N2OP/c1-12(2)16(11-20-19-9-7-8-17)14(5)10-15(6)18-13(3)4/h13-15,18,20H,7,9-11H2,1-6H3. The average Bonchev–Trinajstić information content (AvgIpc) is 2.31. The Kier molecular flexibility index (Phi) is 11.0.